The molecule has 2 N–H and O–H groups in total. The number of hydrogen-bond acceptors (Lipinski definition) is 2. The molecule has 1 atom stereocenters. The molecule has 15 heavy (non-hydrogen) atoms. The molecule has 1 aromatic carbocycles. The van der Waals surface area contributed by atoms with E-state index in [-0.39, 0.29) is 0 Å². The fourth-order valence-electron chi connectivity index (χ4n) is 1.75. The van der Waals surface area contributed by atoms with E-state index in [0.29, 0.717) is 6.04 Å². The highest BCUT2D eigenvalue weighted by atomic mass is 35.5. The van der Waals surface area contributed by atoms with Crippen LogP contribution in [0, 0.1) is 6.92 Å². The third-order valence-corrected chi connectivity index (χ3v) is 3.39. The van der Waals surface area contributed by atoms with Gasteiger partial charge in [-0.2, -0.15) is 0 Å². The third-order valence-electron chi connectivity index (χ3n) is 2.67. The molecule has 1 fully saturated rings. The number of rotatable bonds is 2. The average Bonchev–Trinajstić information content (AvgIpc) is 2.67. The van der Waals surface area contributed by atoms with E-state index in [4.69, 9.17) is 23.2 Å². The molecule has 0 saturated carbocycles. The summed E-state index contributed by atoms with van der Waals surface area (Å²) in [6.45, 7) is 4.01. The highest BCUT2D eigenvalue weighted by Crippen LogP contribution is 2.29. The maximum atomic E-state index is 6.14. The van der Waals surface area contributed by atoms with Gasteiger partial charge in [-0.05, 0) is 37.6 Å². The first-order valence-corrected chi connectivity index (χ1v) is 5.85. The number of hydrogen-bond donors (Lipinski definition) is 2. The van der Waals surface area contributed by atoms with Crippen molar-refractivity contribution < 1.29 is 0 Å². The van der Waals surface area contributed by atoms with Gasteiger partial charge in [0, 0.05) is 17.6 Å². The summed E-state index contributed by atoms with van der Waals surface area (Å²) >= 11 is 12.2. The van der Waals surface area contributed by atoms with Crippen molar-refractivity contribution >= 4 is 28.9 Å². The van der Waals surface area contributed by atoms with Gasteiger partial charge in [-0.25, -0.2) is 0 Å². The second-order valence-electron chi connectivity index (χ2n) is 3.92. The van der Waals surface area contributed by atoms with Crippen molar-refractivity contribution in [1.29, 1.82) is 0 Å². The Labute approximate surface area is 100.0 Å². The van der Waals surface area contributed by atoms with E-state index in [0.717, 1.165) is 40.8 Å². The van der Waals surface area contributed by atoms with Crippen molar-refractivity contribution in [2.75, 3.05) is 18.4 Å². The molecule has 2 rings (SSSR count). The Morgan fingerprint density at radius 3 is 2.80 bits per heavy atom. The van der Waals surface area contributed by atoms with Crippen LogP contribution in [0.2, 0.25) is 10.0 Å². The Morgan fingerprint density at radius 1 is 1.33 bits per heavy atom. The highest BCUT2D eigenvalue weighted by Gasteiger charge is 2.15. The van der Waals surface area contributed by atoms with E-state index < -0.39 is 0 Å². The van der Waals surface area contributed by atoms with E-state index in [2.05, 4.69) is 10.6 Å². The first-order valence-electron chi connectivity index (χ1n) is 5.09. The van der Waals surface area contributed by atoms with Crippen LogP contribution in [0.1, 0.15) is 12.0 Å². The second kappa shape index (κ2) is 4.60. The molecule has 1 saturated heterocycles. The molecule has 0 bridgehead atoms. The molecule has 0 spiro atoms. The molecule has 0 amide bonds. The number of aryl methyl sites for hydroxylation is 1. The van der Waals surface area contributed by atoms with Crippen LogP contribution in [-0.2, 0) is 0 Å². The molecule has 1 aliphatic rings. The lowest BCUT2D eigenvalue weighted by molar-refractivity contribution is 0.793. The quantitative estimate of drug-likeness (QED) is 0.836. The first-order chi connectivity index (χ1) is 7.16. The maximum absolute atomic E-state index is 6.14. The van der Waals surface area contributed by atoms with Crippen molar-refractivity contribution in [3.05, 3.63) is 27.7 Å². The summed E-state index contributed by atoms with van der Waals surface area (Å²) in [6.07, 6.45) is 1.13. The Balaban J connectivity index is 2.16. The van der Waals surface area contributed by atoms with E-state index in [1.807, 2.05) is 19.1 Å². The van der Waals surface area contributed by atoms with Gasteiger partial charge in [-0.1, -0.05) is 23.2 Å². The normalized spacial score (nSPS) is 20.6. The Hall–Kier alpha value is -0.440. The van der Waals surface area contributed by atoms with E-state index in [1.165, 1.54) is 0 Å². The number of anilines is 1. The molecule has 0 radical (unpaired) electrons. The van der Waals surface area contributed by atoms with Gasteiger partial charge < -0.3 is 10.6 Å². The van der Waals surface area contributed by atoms with Crippen LogP contribution in [0.25, 0.3) is 0 Å². The van der Waals surface area contributed by atoms with Gasteiger partial charge in [0.2, 0.25) is 0 Å². The predicted octanol–water partition coefficient (Wildman–Crippen LogP) is 3.08. The van der Waals surface area contributed by atoms with Crippen molar-refractivity contribution in [1.82, 2.24) is 5.32 Å². The summed E-state index contributed by atoms with van der Waals surface area (Å²) in [7, 11) is 0. The van der Waals surface area contributed by atoms with Crippen molar-refractivity contribution in [2.24, 2.45) is 0 Å². The summed E-state index contributed by atoms with van der Waals surface area (Å²) in [5, 5.41) is 8.19. The van der Waals surface area contributed by atoms with Gasteiger partial charge in [0.25, 0.3) is 0 Å². The van der Waals surface area contributed by atoms with Crippen LogP contribution < -0.4 is 10.6 Å². The molecule has 1 heterocycles. The van der Waals surface area contributed by atoms with Crippen LogP contribution in [0.4, 0.5) is 5.69 Å². The summed E-state index contributed by atoms with van der Waals surface area (Å²) in [4.78, 5) is 0. The zero-order valence-electron chi connectivity index (χ0n) is 8.61. The van der Waals surface area contributed by atoms with Crippen molar-refractivity contribution in [2.45, 2.75) is 19.4 Å². The van der Waals surface area contributed by atoms with Crippen LogP contribution in [-0.4, -0.2) is 19.1 Å². The summed E-state index contributed by atoms with van der Waals surface area (Å²) in [5.41, 5.74) is 1.94. The Kier molecular flexibility index (Phi) is 3.39. The lowest BCUT2D eigenvalue weighted by atomic mass is 10.2. The lowest BCUT2D eigenvalue weighted by Gasteiger charge is -2.15. The number of nitrogens with one attached hydrogen (secondary N) is 2. The van der Waals surface area contributed by atoms with Crippen LogP contribution in [0.3, 0.4) is 0 Å². The molecule has 1 unspecified atom stereocenters. The lowest BCUT2D eigenvalue weighted by Crippen LogP contribution is -2.22. The van der Waals surface area contributed by atoms with Gasteiger partial charge in [0.15, 0.2) is 0 Å². The average molecular weight is 245 g/mol. The van der Waals surface area contributed by atoms with Gasteiger partial charge in [0.1, 0.15) is 0 Å². The maximum Gasteiger partial charge on any atom is 0.0641 e. The minimum absolute atomic E-state index is 0.460. The largest absolute Gasteiger partial charge is 0.380 e. The molecule has 82 valence electrons. The minimum atomic E-state index is 0.460. The molecule has 0 aromatic heterocycles. The summed E-state index contributed by atoms with van der Waals surface area (Å²) < 4.78 is 0. The predicted molar refractivity (Wildman–Crippen MR) is 66.1 cm³/mol. The fourth-order valence-corrected chi connectivity index (χ4v) is 2.19. The van der Waals surface area contributed by atoms with Gasteiger partial charge in [-0.15, -0.1) is 0 Å². The number of halogens is 2. The fraction of sp³-hybridized carbons (Fsp3) is 0.455. The monoisotopic (exact) mass is 244 g/mol. The standard InChI is InChI=1S/C11H14Cl2N2/c1-7-4-10(13)11(5-9(7)12)15-8-2-3-14-6-8/h4-5,8,14-15H,2-3,6H2,1H3. The highest BCUT2D eigenvalue weighted by molar-refractivity contribution is 6.35. The third kappa shape index (κ3) is 2.57. The van der Waals surface area contributed by atoms with E-state index >= 15 is 0 Å². The van der Waals surface area contributed by atoms with Crippen LogP contribution in [0.5, 0.6) is 0 Å². The van der Waals surface area contributed by atoms with E-state index in [1.54, 1.807) is 0 Å². The SMILES string of the molecule is Cc1cc(Cl)c(NC2CCNC2)cc1Cl. The topological polar surface area (TPSA) is 24.1 Å². The molecule has 0 aliphatic carbocycles. The summed E-state index contributed by atoms with van der Waals surface area (Å²) in [6, 6.07) is 4.26. The Bertz CT molecular complexity index is 360. The zero-order chi connectivity index (χ0) is 10.8. The van der Waals surface area contributed by atoms with Gasteiger partial charge in [0.05, 0.1) is 10.7 Å². The van der Waals surface area contributed by atoms with Crippen molar-refractivity contribution in [3.8, 4) is 0 Å². The smallest absolute Gasteiger partial charge is 0.0641 e. The molecule has 1 aromatic rings. The molecular formula is C11H14Cl2N2. The van der Waals surface area contributed by atoms with Crippen molar-refractivity contribution in [3.63, 3.8) is 0 Å². The molecular weight excluding hydrogens is 231 g/mol. The van der Waals surface area contributed by atoms with E-state index in [9.17, 15) is 0 Å². The first kappa shape index (κ1) is 11.1. The second-order valence-corrected chi connectivity index (χ2v) is 4.73. The summed E-state index contributed by atoms with van der Waals surface area (Å²) in [5.74, 6) is 0. The van der Waals surface area contributed by atoms with Gasteiger partial charge >= 0.3 is 0 Å². The zero-order valence-corrected chi connectivity index (χ0v) is 10.1. The molecule has 4 heteroatoms. The van der Waals surface area contributed by atoms with Crippen LogP contribution in [0.15, 0.2) is 12.1 Å². The molecule has 2 nitrogen and oxygen atoms in total. The molecule has 1 aliphatic heterocycles. The number of benzene rings is 1. The van der Waals surface area contributed by atoms with Gasteiger partial charge in [-0.3, -0.25) is 0 Å². The van der Waals surface area contributed by atoms with Crippen LogP contribution >= 0.6 is 23.2 Å². The Morgan fingerprint density at radius 2 is 2.13 bits per heavy atom. The minimum Gasteiger partial charge on any atom is -0.380 e.